The average molecular weight is 275 g/mol. The van der Waals surface area contributed by atoms with Crippen LogP contribution < -0.4 is 0 Å². The SMILES string of the molecule is O=C(c1cc(Cl)ncn1)c1csc2ccccc12. The van der Waals surface area contributed by atoms with Gasteiger partial charge in [-0.1, -0.05) is 29.8 Å². The molecule has 0 aliphatic carbocycles. The van der Waals surface area contributed by atoms with E-state index in [0.29, 0.717) is 11.3 Å². The number of hydrogen-bond donors (Lipinski definition) is 0. The van der Waals surface area contributed by atoms with Crippen LogP contribution in [0.15, 0.2) is 42.0 Å². The Bertz CT molecular complexity index is 738. The molecule has 2 heterocycles. The predicted octanol–water partition coefficient (Wildman–Crippen LogP) is 3.58. The molecule has 3 nitrogen and oxygen atoms in total. The van der Waals surface area contributed by atoms with E-state index in [1.54, 1.807) is 11.3 Å². The summed E-state index contributed by atoms with van der Waals surface area (Å²) in [5, 5.41) is 3.07. The Morgan fingerprint density at radius 2 is 2.06 bits per heavy atom. The normalized spacial score (nSPS) is 10.7. The van der Waals surface area contributed by atoms with E-state index in [2.05, 4.69) is 9.97 Å². The number of benzene rings is 1. The van der Waals surface area contributed by atoms with Crippen molar-refractivity contribution in [1.82, 2.24) is 9.97 Å². The van der Waals surface area contributed by atoms with Gasteiger partial charge in [-0.25, -0.2) is 9.97 Å². The van der Waals surface area contributed by atoms with E-state index < -0.39 is 0 Å². The molecule has 0 amide bonds. The zero-order valence-corrected chi connectivity index (χ0v) is 10.7. The molecule has 0 N–H and O–H groups in total. The summed E-state index contributed by atoms with van der Waals surface area (Å²) in [6.45, 7) is 0. The summed E-state index contributed by atoms with van der Waals surface area (Å²) in [5.41, 5.74) is 0.976. The minimum atomic E-state index is -0.128. The maximum Gasteiger partial charge on any atom is 0.212 e. The summed E-state index contributed by atoms with van der Waals surface area (Å²) in [4.78, 5) is 20.1. The topological polar surface area (TPSA) is 42.9 Å². The molecule has 0 saturated heterocycles. The number of aromatic nitrogens is 2. The van der Waals surface area contributed by atoms with Gasteiger partial charge in [0, 0.05) is 27.1 Å². The van der Waals surface area contributed by atoms with E-state index >= 15 is 0 Å². The zero-order valence-electron chi connectivity index (χ0n) is 9.13. The lowest BCUT2D eigenvalue weighted by molar-refractivity contribution is 0.103. The van der Waals surface area contributed by atoms with Crippen molar-refractivity contribution in [2.24, 2.45) is 0 Å². The third kappa shape index (κ3) is 1.89. The van der Waals surface area contributed by atoms with Crippen LogP contribution in [0.2, 0.25) is 5.15 Å². The van der Waals surface area contributed by atoms with Gasteiger partial charge >= 0.3 is 0 Å². The number of ketones is 1. The second-order valence-electron chi connectivity index (χ2n) is 3.70. The maximum atomic E-state index is 12.3. The summed E-state index contributed by atoms with van der Waals surface area (Å²) >= 11 is 7.31. The molecule has 2 aromatic heterocycles. The first-order valence-corrected chi connectivity index (χ1v) is 6.50. The van der Waals surface area contributed by atoms with Gasteiger partial charge in [0.1, 0.15) is 17.2 Å². The fraction of sp³-hybridized carbons (Fsp3) is 0. The molecule has 0 unspecified atom stereocenters. The van der Waals surface area contributed by atoms with E-state index in [0.717, 1.165) is 10.1 Å². The van der Waals surface area contributed by atoms with Crippen molar-refractivity contribution in [3.8, 4) is 0 Å². The molecule has 0 fully saturated rings. The van der Waals surface area contributed by atoms with Gasteiger partial charge < -0.3 is 0 Å². The summed E-state index contributed by atoms with van der Waals surface area (Å²) in [5.74, 6) is -0.128. The molecule has 0 spiro atoms. The second-order valence-corrected chi connectivity index (χ2v) is 5.00. The highest BCUT2D eigenvalue weighted by molar-refractivity contribution is 7.17. The fourth-order valence-corrected chi connectivity index (χ4v) is 2.84. The molecular weight excluding hydrogens is 268 g/mol. The quantitative estimate of drug-likeness (QED) is 0.530. The van der Waals surface area contributed by atoms with Crippen LogP contribution in [-0.4, -0.2) is 15.8 Å². The first kappa shape index (κ1) is 11.3. The number of nitrogens with zero attached hydrogens (tertiary/aromatic N) is 2. The van der Waals surface area contributed by atoms with Crippen molar-refractivity contribution < 1.29 is 4.79 Å². The lowest BCUT2D eigenvalue weighted by atomic mass is 10.1. The van der Waals surface area contributed by atoms with Crippen LogP contribution >= 0.6 is 22.9 Å². The Morgan fingerprint density at radius 3 is 2.89 bits per heavy atom. The van der Waals surface area contributed by atoms with Crippen molar-refractivity contribution in [3.63, 3.8) is 0 Å². The van der Waals surface area contributed by atoms with Crippen LogP contribution in [0.4, 0.5) is 0 Å². The molecule has 1 aromatic carbocycles. The molecule has 18 heavy (non-hydrogen) atoms. The van der Waals surface area contributed by atoms with Gasteiger partial charge in [0.25, 0.3) is 0 Å². The fourth-order valence-electron chi connectivity index (χ4n) is 1.75. The molecule has 88 valence electrons. The molecule has 0 bridgehead atoms. The van der Waals surface area contributed by atoms with Gasteiger partial charge in [0.15, 0.2) is 0 Å². The minimum absolute atomic E-state index is 0.128. The number of carbonyl (C=O) groups is 1. The number of fused-ring (bicyclic) bond motifs is 1. The maximum absolute atomic E-state index is 12.3. The Labute approximate surface area is 112 Å². The van der Waals surface area contributed by atoms with E-state index in [1.165, 1.54) is 12.4 Å². The highest BCUT2D eigenvalue weighted by Crippen LogP contribution is 2.27. The monoisotopic (exact) mass is 274 g/mol. The molecule has 0 radical (unpaired) electrons. The third-order valence-electron chi connectivity index (χ3n) is 2.59. The Morgan fingerprint density at radius 1 is 1.22 bits per heavy atom. The summed E-state index contributed by atoms with van der Waals surface area (Å²) in [7, 11) is 0. The molecule has 0 aliphatic heterocycles. The lowest BCUT2D eigenvalue weighted by Crippen LogP contribution is -2.03. The third-order valence-corrected chi connectivity index (χ3v) is 3.76. The van der Waals surface area contributed by atoms with Crippen molar-refractivity contribution in [2.45, 2.75) is 0 Å². The van der Waals surface area contributed by atoms with Gasteiger partial charge in [-0.2, -0.15) is 0 Å². The highest BCUT2D eigenvalue weighted by Gasteiger charge is 2.15. The highest BCUT2D eigenvalue weighted by atomic mass is 35.5. The van der Waals surface area contributed by atoms with Gasteiger partial charge in [-0.3, -0.25) is 4.79 Å². The number of thiophene rings is 1. The lowest BCUT2D eigenvalue weighted by Gasteiger charge is -1.99. The van der Waals surface area contributed by atoms with Crippen LogP contribution in [0.25, 0.3) is 10.1 Å². The number of hydrogen-bond acceptors (Lipinski definition) is 4. The zero-order chi connectivity index (χ0) is 12.5. The first-order chi connectivity index (χ1) is 8.75. The van der Waals surface area contributed by atoms with Crippen molar-refractivity contribution in [3.05, 3.63) is 58.4 Å². The van der Waals surface area contributed by atoms with E-state index in [-0.39, 0.29) is 10.9 Å². The van der Waals surface area contributed by atoms with Crippen molar-refractivity contribution >= 4 is 38.8 Å². The van der Waals surface area contributed by atoms with Gasteiger partial charge in [-0.05, 0) is 6.07 Å². The number of halogens is 1. The molecule has 0 aliphatic rings. The van der Waals surface area contributed by atoms with E-state index in [1.807, 2.05) is 29.6 Å². The molecule has 3 aromatic rings. The summed E-state index contributed by atoms with van der Waals surface area (Å²) < 4.78 is 1.08. The summed E-state index contributed by atoms with van der Waals surface area (Å²) in [6, 6.07) is 9.27. The van der Waals surface area contributed by atoms with Crippen LogP contribution in [-0.2, 0) is 0 Å². The molecule has 0 atom stereocenters. The largest absolute Gasteiger partial charge is 0.287 e. The predicted molar refractivity (Wildman–Crippen MR) is 72.3 cm³/mol. The van der Waals surface area contributed by atoms with Gasteiger partial charge in [0.2, 0.25) is 5.78 Å². The Hall–Kier alpha value is -1.78. The molecule has 3 rings (SSSR count). The number of rotatable bonds is 2. The first-order valence-electron chi connectivity index (χ1n) is 5.24. The van der Waals surface area contributed by atoms with Crippen LogP contribution in [0.5, 0.6) is 0 Å². The minimum Gasteiger partial charge on any atom is -0.287 e. The van der Waals surface area contributed by atoms with Crippen LogP contribution in [0, 0.1) is 0 Å². The van der Waals surface area contributed by atoms with Crippen LogP contribution in [0.3, 0.4) is 0 Å². The van der Waals surface area contributed by atoms with Gasteiger partial charge in [0.05, 0.1) is 0 Å². The molecule has 5 heteroatoms. The Kier molecular flexibility index (Phi) is 2.81. The van der Waals surface area contributed by atoms with Crippen LogP contribution in [0.1, 0.15) is 16.1 Å². The summed E-state index contributed by atoms with van der Waals surface area (Å²) in [6.07, 6.45) is 1.30. The van der Waals surface area contributed by atoms with Gasteiger partial charge in [-0.15, -0.1) is 11.3 Å². The number of carbonyl (C=O) groups excluding carboxylic acids is 1. The van der Waals surface area contributed by atoms with E-state index in [9.17, 15) is 4.79 Å². The van der Waals surface area contributed by atoms with E-state index in [4.69, 9.17) is 11.6 Å². The molecular formula is C13H7ClN2OS. The van der Waals surface area contributed by atoms with Crippen molar-refractivity contribution in [1.29, 1.82) is 0 Å². The standard InChI is InChI=1S/C13H7ClN2OS/c14-12-5-10(15-7-16-12)13(17)9-6-18-11-4-2-1-3-8(9)11/h1-7H. The second kappa shape index (κ2) is 4.48. The molecule has 0 saturated carbocycles. The smallest absolute Gasteiger partial charge is 0.212 e. The van der Waals surface area contributed by atoms with Crippen molar-refractivity contribution in [2.75, 3.05) is 0 Å². The average Bonchev–Trinajstić information content (AvgIpc) is 2.82. The Balaban J connectivity index is 2.12.